The van der Waals surface area contributed by atoms with E-state index in [0.717, 1.165) is 5.56 Å². The topological polar surface area (TPSA) is 93.2 Å². The van der Waals surface area contributed by atoms with Crippen LogP contribution in [0.5, 0.6) is 5.75 Å². The van der Waals surface area contributed by atoms with E-state index < -0.39 is 6.04 Å². The van der Waals surface area contributed by atoms with E-state index in [1.54, 1.807) is 43.2 Å². The van der Waals surface area contributed by atoms with Crippen LogP contribution in [0.4, 0.5) is 5.69 Å². The number of carbonyl (C=O) groups excluding carboxylic acids is 1. The predicted octanol–water partition coefficient (Wildman–Crippen LogP) is 1.07. The van der Waals surface area contributed by atoms with E-state index in [1.807, 2.05) is 0 Å². The summed E-state index contributed by atoms with van der Waals surface area (Å²) < 4.78 is 1.58. The number of anilines is 1. The van der Waals surface area contributed by atoms with Crippen molar-refractivity contribution >= 4 is 11.6 Å². The summed E-state index contributed by atoms with van der Waals surface area (Å²) in [7, 11) is 1.76. The average Bonchev–Trinajstić information content (AvgIpc) is 2.79. The molecule has 0 spiro atoms. The van der Waals surface area contributed by atoms with Crippen LogP contribution in [0.3, 0.4) is 0 Å². The van der Waals surface area contributed by atoms with Crippen LogP contribution in [0, 0.1) is 6.92 Å². The van der Waals surface area contributed by atoms with Crippen LogP contribution < -0.4 is 11.1 Å². The normalized spacial score (nSPS) is 12.2. The number of aromatic hydroxyl groups is 1. The van der Waals surface area contributed by atoms with Crippen LogP contribution in [0.15, 0.2) is 30.6 Å². The maximum absolute atomic E-state index is 12.0. The van der Waals surface area contributed by atoms with Crippen molar-refractivity contribution in [2.24, 2.45) is 12.8 Å². The van der Waals surface area contributed by atoms with Gasteiger partial charge in [-0.15, -0.1) is 0 Å². The van der Waals surface area contributed by atoms with E-state index >= 15 is 0 Å². The van der Waals surface area contributed by atoms with Crippen LogP contribution >= 0.6 is 0 Å². The minimum absolute atomic E-state index is 0.132. The molecule has 0 saturated carbocycles. The number of rotatable bonds is 3. The molecular weight excluding hydrogens is 244 g/mol. The van der Waals surface area contributed by atoms with Gasteiger partial charge >= 0.3 is 0 Å². The van der Waals surface area contributed by atoms with Crippen molar-refractivity contribution in [1.29, 1.82) is 0 Å². The summed E-state index contributed by atoms with van der Waals surface area (Å²) in [6.45, 7) is 1.78. The minimum Gasteiger partial charge on any atom is -0.508 e. The molecule has 1 unspecified atom stereocenters. The molecule has 0 saturated heterocycles. The van der Waals surface area contributed by atoms with Crippen LogP contribution in [0.2, 0.25) is 0 Å². The van der Waals surface area contributed by atoms with Crippen LogP contribution in [-0.2, 0) is 11.8 Å². The molecule has 0 radical (unpaired) electrons. The highest BCUT2D eigenvalue weighted by atomic mass is 16.3. The van der Waals surface area contributed by atoms with E-state index in [0.29, 0.717) is 11.3 Å². The third-order valence-electron chi connectivity index (χ3n) is 2.84. The fourth-order valence-corrected chi connectivity index (χ4v) is 1.66. The molecule has 0 aliphatic rings. The second-order valence-corrected chi connectivity index (χ2v) is 4.42. The molecule has 1 atom stereocenters. The number of carbonyl (C=O) groups is 1. The summed E-state index contributed by atoms with van der Waals surface area (Å²) in [6.07, 6.45) is 3.24. The highest BCUT2D eigenvalue weighted by Crippen LogP contribution is 2.21. The zero-order valence-electron chi connectivity index (χ0n) is 10.8. The first kappa shape index (κ1) is 13.1. The molecule has 19 heavy (non-hydrogen) atoms. The second kappa shape index (κ2) is 5.11. The number of hydrogen-bond donors (Lipinski definition) is 3. The lowest BCUT2D eigenvalue weighted by molar-refractivity contribution is -0.117. The SMILES string of the molecule is Cc1ccc(NC(=O)C(N)c2cnn(C)c2)cc1O. The van der Waals surface area contributed by atoms with Gasteiger partial charge in [0.05, 0.1) is 6.20 Å². The van der Waals surface area contributed by atoms with Gasteiger partial charge in [-0.1, -0.05) is 6.07 Å². The number of nitrogens with zero attached hydrogens (tertiary/aromatic N) is 2. The molecule has 0 aliphatic heterocycles. The molecule has 1 heterocycles. The Labute approximate surface area is 110 Å². The lowest BCUT2D eigenvalue weighted by atomic mass is 10.1. The van der Waals surface area contributed by atoms with Crippen molar-refractivity contribution in [3.8, 4) is 5.75 Å². The predicted molar refractivity (Wildman–Crippen MR) is 71.6 cm³/mol. The first-order valence-corrected chi connectivity index (χ1v) is 5.82. The Bertz CT molecular complexity index is 606. The van der Waals surface area contributed by atoms with Gasteiger partial charge in [-0.05, 0) is 18.6 Å². The summed E-state index contributed by atoms with van der Waals surface area (Å²) in [5.74, 6) is -0.219. The third-order valence-corrected chi connectivity index (χ3v) is 2.84. The van der Waals surface area contributed by atoms with E-state index in [-0.39, 0.29) is 11.7 Å². The van der Waals surface area contributed by atoms with Crippen molar-refractivity contribution in [3.63, 3.8) is 0 Å². The van der Waals surface area contributed by atoms with Crippen LogP contribution in [0.25, 0.3) is 0 Å². The fraction of sp³-hybridized carbons (Fsp3) is 0.231. The quantitative estimate of drug-likeness (QED) is 0.769. The monoisotopic (exact) mass is 260 g/mol. The summed E-state index contributed by atoms with van der Waals surface area (Å²) in [4.78, 5) is 12.0. The third kappa shape index (κ3) is 2.92. The van der Waals surface area contributed by atoms with Crippen molar-refractivity contribution in [2.75, 3.05) is 5.32 Å². The number of benzene rings is 1. The van der Waals surface area contributed by atoms with E-state index in [1.165, 1.54) is 6.07 Å². The van der Waals surface area contributed by atoms with Gasteiger partial charge < -0.3 is 16.2 Å². The zero-order chi connectivity index (χ0) is 14.0. The smallest absolute Gasteiger partial charge is 0.246 e. The van der Waals surface area contributed by atoms with E-state index in [4.69, 9.17) is 5.73 Å². The Morgan fingerprint density at radius 3 is 2.84 bits per heavy atom. The maximum atomic E-state index is 12.0. The molecule has 2 aromatic rings. The van der Waals surface area contributed by atoms with Gasteiger partial charge in [0.1, 0.15) is 11.8 Å². The molecule has 2 rings (SSSR count). The Kier molecular flexibility index (Phi) is 3.52. The molecule has 1 amide bonds. The van der Waals surface area contributed by atoms with Gasteiger partial charge in [-0.3, -0.25) is 9.48 Å². The van der Waals surface area contributed by atoms with Crippen molar-refractivity contribution in [2.45, 2.75) is 13.0 Å². The van der Waals surface area contributed by atoms with Gasteiger partial charge in [-0.2, -0.15) is 5.10 Å². The molecule has 1 aromatic heterocycles. The molecule has 1 aromatic carbocycles. The highest BCUT2D eigenvalue weighted by molar-refractivity contribution is 5.95. The number of aryl methyl sites for hydroxylation is 2. The minimum atomic E-state index is -0.794. The molecule has 100 valence electrons. The largest absolute Gasteiger partial charge is 0.508 e. The summed E-state index contributed by atoms with van der Waals surface area (Å²) in [5, 5.41) is 16.2. The average molecular weight is 260 g/mol. The van der Waals surface area contributed by atoms with E-state index in [2.05, 4.69) is 10.4 Å². The van der Waals surface area contributed by atoms with Gasteiger partial charge in [0.25, 0.3) is 0 Å². The Balaban J connectivity index is 2.10. The van der Waals surface area contributed by atoms with Crippen molar-refractivity contribution < 1.29 is 9.90 Å². The number of aromatic nitrogens is 2. The highest BCUT2D eigenvalue weighted by Gasteiger charge is 2.17. The Hall–Kier alpha value is -2.34. The molecule has 0 aliphatic carbocycles. The first-order valence-electron chi connectivity index (χ1n) is 5.82. The summed E-state index contributed by atoms with van der Waals surface area (Å²) in [6, 6.07) is 4.13. The lowest BCUT2D eigenvalue weighted by Crippen LogP contribution is -2.27. The van der Waals surface area contributed by atoms with Gasteiger partial charge in [-0.25, -0.2) is 0 Å². The molecule has 0 fully saturated rings. The van der Waals surface area contributed by atoms with Crippen molar-refractivity contribution in [3.05, 3.63) is 41.7 Å². The lowest BCUT2D eigenvalue weighted by Gasteiger charge is -2.11. The van der Waals surface area contributed by atoms with Gasteiger partial charge in [0.15, 0.2) is 0 Å². The number of amides is 1. The zero-order valence-corrected chi connectivity index (χ0v) is 10.8. The van der Waals surface area contributed by atoms with E-state index in [9.17, 15) is 9.90 Å². The van der Waals surface area contributed by atoms with Crippen LogP contribution in [0.1, 0.15) is 17.2 Å². The number of nitrogens with one attached hydrogen (secondary N) is 1. The molecule has 4 N–H and O–H groups in total. The number of hydrogen-bond acceptors (Lipinski definition) is 4. The Morgan fingerprint density at radius 1 is 1.53 bits per heavy atom. The maximum Gasteiger partial charge on any atom is 0.246 e. The molecule has 0 bridgehead atoms. The number of phenolic OH excluding ortho intramolecular Hbond substituents is 1. The molecule has 6 heteroatoms. The fourth-order valence-electron chi connectivity index (χ4n) is 1.66. The second-order valence-electron chi connectivity index (χ2n) is 4.42. The summed E-state index contributed by atoms with van der Waals surface area (Å²) in [5.41, 5.74) is 7.73. The molecular formula is C13H16N4O2. The number of phenols is 1. The summed E-state index contributed by atoms with van der Waals surface area (Å²) >= 11 is 0. The number of nitrogens with two attached hydrogens (primary N) is 1. The van der Waals surface area contributed by atoms with Gasteiger partial charge in [0.2, 0.25) is 5.91 Å². The first-order chi connectivity index (χ1) is 8.97. The van der Waals surface area contributed by atoms with Crippen molar-refractivity contribution in [1.82, 2.24) is 9.78 Å². The van der Waals surface area contributed by atoms with Gasteiger partial charge in [0, 0.05) is 30.6 Å². The Morgan fingerprint density at radius 2 is 2.26 bits per heavy atom. The standard InChI is InChI=1S/C13H16N4O2/c1-8-3-4-10(5-11(8)18)16-13(19)12(14)9-6-15-17(2)7-9/h3-7,12,18H,14H2,1-2H3,(H,16,19). The molecule has 6 nitrogen and oxygen atoms in total. The van der Waals surface area contributed by atoms with Crippen LogP contribution in [-0.4, -0.2) is 20.8 Å².